The average Bonchev–Trinajstić information content (AvgIpc) is 2.59. The van der Waals surface area contributed by atoms with E-state index in [0.717, 1.165) is 38.8 Å². The van der Waals surface area contributed by atoms with Crippen LogP contribution in [0.4, 0.5) is 0 Å². The first kappa shape index (κ1) is 16.4. The van der Waals surface area contributed by atoms with Gasteiger partial charge < -0.3 is 10.8 Å². The minimum absolute atomic E-state index is 0.0856. The van der Waals surface area contributed by atoms with Gasteiger partial charge in [-0.2, -0.15) is 0 Å². The number of aryl methyl sites for hydroxylation is 1. The van der Waals surface area contributed by atoms with Crippen molar-refractivity contribution in [3.8, 4) is 0 Å². The van der Waals surface area contributed by atoms with E-state index in [0.29, 0.717) is 5.92 Å². The lowest BCUT2D eigenvalue weighted by molar-refractivity contribution is 0.127. The molecule has 124 valence electrons. The molecule has 3 N–H and O–H groups in total. The Kier molecular flexibility index (Phi) is 5.26. The van der Waals surface area contributed by atoms with Crippen LogP contribution in [0.3, 0.4) is 0 Å². The summed E-state index contributed by atoms with van der Waals surface area (Å²) in [5.74, 6) is 0.506. The standard InChI is InChI=1S/C19H27N3O/c1-2-14-12-21-13-16-5-3-6-17(19(14)16)15-7-9-22(8-4-10-23)18(20)11-15/h3,5-6,12-13,15,18,23H,2,4,7-11,20H2,1H3. The van der Waals surface area contributed by atoms with Crippen molar-refractivity contribution in [2.75, 3.05) is 19.7 Å². The number of pyridine rings is 1. The Morgan fingerprint density at radius 1 is 1.35 bits per heavy atom. The van der Waals surface area contributed by atoms with Crippen molar-refractivity contribution in [1.82, 2.24) is 9.88 Å². The smallest absolute Gasteiger partial charge is 0.0577 e. The van der Waals surface area contributed by atoms with Crippen molar-refractivity contribution in [3.63, 3.8) is 0 Å². The molecule has 0 saturated carbocycles. The van der Waals surface area contributed by atoms with Gasteiger partial charge in [-0.3, -0.25) is 9.88 Å². The van der Waals surface area contributed by atoms with Crippen LogP contribution in [0.15, 0.2) is 30.6 Å². The van der Waals surface area contributed by atoms with E-state index < -0.39 is 0 Å². The van der Waals surface area contributed by atoms with Crippen LogP contribution >= 0.6 is 0 Å². The number of rotatable bonds is 5. The molecule has 1 aromatic carbocycles. The summed E-state index contributed by atoms with van der Waals surface area (Å²) < 4.78 is 0. The molecule has 1 saturated heterocycles. The molecule has 0 amide bonds. The fourth-order valence-electron chi connectivity index (χ4n) is 3.83. The van der Waals surface area contributed by atoms with Gasteiger partial charge in [0, 0.05) is 37.5 Å². The monoisotopic (exact) mass is 313 g/mol. The van der Waals surface area contributed by atoms with Crippen molar-refractivity contribution in [2.45, 2.75) is 44.7 Å². The predicted molar refractivity (Wildman–Crippen MR) is 94.3 cm³/mol. The minimum Gasteiger partial charge on any atom is -0.396 e. The van der Waals surface area contributed by atoms with Gasteiger partial charge in [0.25, 0.3) is 0 Å². The van der Waals surface area contributed by atoms with Crippen LogP contribution in [-0.2, 0) is 6.42 Å². The van der Waals surface area contributed by atoms with Gasteiger partial charge >= 0.3 is 0 Å². The first-order chi connectivity index (χ1) is 11.2. The van der Waals surface area contributed by atoms with E-state index >= 15 is 0 Å². The Morgan fingerprint density at radius 2 is 2.22 bits per heavy atom. The SMILES string of the molecule is CCc1cncc2cccc(C3CCN(CCCO)C(N)C3)c12. The number of piperidine rings is 1. The maximum Gasteiger partial charge on any atom is 0.0577 e. The number of likely N-dealkylation sites (tertiary alicyclic amines) is 1. The molecule has 0 aliphatic carbocycles. The zero-order valence-corrected chi connectivity index (χ0v) is 13.9. The van der Waals surface area contributed by atoms with Crippen LogP contribution in [0.1, 0.15) is 43.2 Å². The summed E-state index contributed by atoms with van der Waals surface area (Å²) in [6.45, 7) is 4.33. The topological polar surface area (TPSA) is 62.4 Å². The summed E-state index contributed by atoms with van der Waals surface area (Å²) in [6.07, 6.45) is 7.97. The lowest BCUT2D eigenvalue weighted by Crippen LogP contribution is -2.47. The van der Waals surface area contributed by atoms with Gasteiger partial charge in [-0.05, 0) is 48.1 Å². The fraction of sp³-hybridized carbons (Fsp3) is 0.526. The molecular formula is C19H27N3O. The number of aliphatic hydroxyl groups is 1. The molecule has 0 radical (unpaired) electrons. The molecule has 0 spiro atoms. The fourth-order valence-corrected chi connectivity index (χ4v) is 3.83. The predicted octanol–water partition coefficient (Wildman–Crippen LogP) is 2.64. The highest BCUT2D eigenvalue weighted by Gasteiger charge is 2.27. The number of aliphatic hydroxyl groups excluding tert-OH is 1. The van der Waals surface area contributed by atoms with Crippen molar-refractivity contribution in [3.05, 3.63) is 41.7 Å². The van der Waals surface area contributed by atoms with Crippen molar-refractivity contribution in [2.24, 2.45) is 5.73 Å². The highest BCUT2D eigenvalue weighted by Crippen LogP contribution is 2.35. The third kappa shape index (κ3) is 3.39. The van der Waals surface area contributed by atoms with Gasteiger partial charge in [0.2, 0.25) is 0 Å². The van der Waals surface area contributed by atoms with Gasteiger partial charge in [0.15, 0.2) is 0 Å². The van der Waals surface area contributed by atoms with Crippen LogP contribution in [0.2, 0.25) is 0 Å². The first-order valence-corrected chi connectivity index (χ1v) is 8.70. The quantitative estimate of drug-likeness (QED) is 0.891. The van der Waals surface area contributed by atoms with E-state index in [1.54, 1.807) is 0 Å². The van der Waals surface area contributed by atoms with Gasteiger partial charge in [0.05, 0.1) is 6.17 Å². The number of aromatic nitrogens is 1. The molecule has 2 heterocycles. The summed E-state index contributed by atoms with van der Waals surface area (Å²) in [6, 6.07) is 6.56. The Bertz CT molecular complexity index is 653. The molecule has 4 nitrogen and oxygen atoms in total. The summed E-state index contributed by atoms with van der Waals surface area (Å²) in [7, 11) is 0. The molecule has 3 rings (SSSR count). The normalized spacial score (nSPS) is 22.6. The largest absolute Gasteiger partial charge is 0.396 e. The average molecular weight is 313 g/mol. The maximum absolute atomic E-state index is 9.02. The molecule has 1 aromatic heterocycles. The number of nitrogens with zero attached hydrogens (tertiary/aromatic N) is 2. The van der Waals surface area contributed by atoms with Crippen LogP contribution in [0, 0.1) is 0 Å². The van der Waals surface area contributed by atoms with Crippen LogP contribution in [0.25, 0.3) is 10.8 Å². The number of hydrogen-bond acceptors (Lipinski definition) is 4. The Morgan fingerprint density at radius 3 is 2.96 bits per heavy atom. The molecule has 2 unspecified atom stereocenters. The lowest BCUT2D eigenvalue weighted by Gasteiger charge is -2.38. The van der Waals surface area contributed by atoms with Crippen molar-refractivity contribution < 1.29 is 5.11 Å². The van der Waals surface area contributed by atoms with Crippen molar-refractivity contribution >= 4 is 10.8 Å². The van der Waals surface area contributed by atoms with Crippen LogP contribution < -0.4 is 5.73 Å². The van der Waals surface area contributed by atoms with Gasteiger partial charge in [-0.15, -0.1) is 0 Å². The van der Waals surface area contributed by atoms with E-state index in [4.69, 9.17) is 10.8 Å². The zero-order valence-electron chi connectivity index (χ0n) is 13.9. The summed E-state index contributed by atoms with van der Waals surface area (Å²) in [4.78, 5) is 6.68. The summed E-state index contributed by atoms with van der Waals surface area (Å²) in [5.41, 5.74) is 9.15. The Balaban J connectivity index is 1.87. The summed E-state index contributed by atoms with van der Waals surface area (Å²) >= 11 is 0. The van der Waals surface area contributed by atoms with E-state index in [1.165, 1.54) is 21.9 Å². The van der Waals surface area contributed by atoms with E-state index in [1.807, 2.05) is 12.4 Å². The Labute approximate surface area is 138 Å². The van der Waals surface area contributed by atoms with Crippen molar-refractivity contribution in [1.29, 1.82) is 0 Å². The molecule has 0 bridgehead atoms. The number of nitrogens with two attached hydrogens (primary N) is 1. The second kappa shape index (κ2) is 7.39. The van der Waals surface area contributed by atoms with Gasteiger partial charge in [0.1, 0.15) is 0 Å². The summed E-state index contributed by atoms with van der Waals surface area (Å²) in [5, 5.41) is 11.6. The number of hydrogen-bond donors (Lipinski definition) is 2. The molecule has 2 aromatic rings. The van der Waals surface area contributed by atoms with Gasteiger partial charge in [-0.25, -0.2) is 0 Å². The van der Waals surface area contributed by atoms with E-state index in [-0.39, 0.29) is 12.8 Å². The molecule has 1 aliphatic rings. The number of fused-ring (bicyclic) bond motifs is 1. The minimum atomic E-state index is 0.0856. The second-order valence-electron chi connectivity index (χ2n) is 6.50. The second-order valence-corrected chi connectivity index (χ2v) is 6.50. The molecule has 4 heteroatoms. The van der Waals surface area contributed by atoms with Crippen LogP contribution in [0.5, 0.6) is 0 Å². The lowest BCUT2D eigenvalue weighted by atomic mass is 9.84. The Hall–Kier alpha value is -1.49. The van der Waals surface area contributed by atoms with E-state index in [9.17, 15) is 0 Å². The molecule has 1 fully saturated rings. The third-order valence-electron chi connectivity index (χ3n) is 5.08. The maximum atomic E-state index is 9.02. The highest BCUT2D eigenvalue weighted by atomic mass is 16.3. The highest BCUT2D eigenvalue weighted by molar-refractivity contribution is 5.88. The van der Waals surface area contributed by atoms with E-state index in [2.05, 4.69) is 35.0 Å². The zero-order chi connectivity index (χ0) is 16.2. The van der Waals surface area contributed by atoms with Crippen LogP contribution in [-0.4, -0.2) is 40.9 Å². The molecule has 2 atom stereocenters. The molecule has 1 aliphatic heterocycles. The molecule has 23 heavy (non-hydrogen) atoms. The molecular weight excluding hydrogens is 286 g/mol. The first-order valence-electron chi connectivity index (χ1n) is 8.70. The third-order valence-corrected chi connectivity index (χ3v) is 5.08. The van der Waals surface area contributed by atoms with Gasteiger partial charge in [-0.1, -0.05) is 25.1 Å². The number of benzene rings is 1.